The van der Waals surface area contributed by atoms with Gasteiger partial charge < -0.3 is 19.7 Å². The lowest BCUT2D eigenvalue weighted by Gasteiger charge is -2.34. The Morgan fingerprint density at radius 1 is 1.19 bits per heavy atom. The molecular formula is C20H34IN3O2. The zero-order valence-electron chi connectivity index (χ0n) is 16.2. The normalized spacial score (nSPS) is 15.6. The molecule has 0 atom stereocenters. The number of rotatable bonds is 9. The van der Waals surface area contributed by atoms with E-state index in [1.807, 2.05) is 0 Å². The summed E-state index contributed by atoms with van der Waals surface area (Å²) in [5.41, 5.74) is 1.34. The predicted molar refractivity (Wildman–Crippen MR) is 119 cm³/mol. The Kier molecular flexibility index (Phi) is 12.7. The highest BCUT2D eigenvalue weighted by Crippen LogP contribution is 2.14. The summed E-state index contributed by atoms with van der Waals surface area (Å²) in [6, 6.07) is 10.5. The highest BCUT2D eigenvalue weighted by Gasteiger charge is 2.21. The fraction of sp³-hybridized carbons (Fsp3) is 0.650. The maximum absolute atomic E-state index is 5.95. The first kappa shape index (κ1) is 23.2. The lowest BCUT2D eigenvalue weighted by molar-refractivity contribution is 0.00991. The minimum atomic E-state index is 0. The Balaban J connectivity index is 0.00000338. The first-order valence-electron chi connectivity index (χ1n) is 9.51. The van der Waals surface area contributed by atoms with Gasteiger partial charge in [0.05, 0.1) is 6.10 Å². The number of hydrogen-bond donors (Lipinski definition) is 1. The monoisotopic (exact) mass is 475 g/mol. The summed E-state index contributed by atoms with van der Waals surface area (Å²) >= 11 is 0. The van der Waals surface area contributed by atoms with Crippen molar-refractivity contribution >= 4 is 29.9 Å². The van der Waals surface area contributed by atoms with E-state index in [0.717, 1.165) is 71.0 Å². The van der Waals surface area contributed by atoms with Crippen LogP contribution in [0.2, 0.25) is 0 Å². The lowest BCUT2D eigenvalue weighted by atomic mass is 10.1. The van der Waals surface area contributed by atoms with Crippen molar-refractivity contribution in [3.8, 4) is 0 Å². The molecule has 0 aromatic heterocycles. The van der Waals surface area contributed by atoms with Crippen LogP contribution in [0.25, 0.3) is 0 Å². The molecule has 0 spiro atoms. The molecule has 1 heterocycles. The number of likely N-dealkylation sites (tertiary alicyclic amines) is 1. The maximum atomic E-state index is 5.95. The van der Waals surface area contributed by atoms with Gasteiger partial charge in [0.2, 0.25) is 0 Å². The van der Waals surface area contributed by atoms with Gasteiger partial charge in [0, 0.05) is 46.5 Å². The Bertz CT molecular complexity index is 491. The first-order valence-corrected chi connectivity index (χ1v) is 9.51. The summed E-state index contributed by atoms with van der Waals surface area (Å²) in [6.45, 7) is 7.43. The standard InChI is InChI=1S/C20H33N3O2.HI/c1-3-21-20(22-13-10-18-8-5-4-6-9-18)23-14-11-19(12-15-23)25-17-7-16-24-2;/h4-6,8-9,19H,3,7,10-17H2,1-2H3,(H,21,22);1H. The third-order valence-electron chi connectivity index (χ3n) is 4.43. The van der Waals surface area contributed by atoms with Crippen molar-refractivity contribution < 1.29 is 9.47 Å². The van der Waals surface area contributed by atoms with Gasteiger partial charge in [-0.3, -0.25) is 4.99 Å². The van der Waals surface area contributed by atoms with E-state index < -0.39 is 0 Å². The molecule has 0 amide bonds. The van der Waals surface area contributed by atoms with Gasteiger partial charge >= 0.3 is 0 Å². The minimum absolute atomic E-state index is 0. The zero-order chi connectivity index (χ0) is 17.7. The van der Waals surface area contributed by atoms with Crippen molar-refractivity contribution in [2.45, 2.75) is 38.7 Å². The number of ether oxygens (including phenoxy) is 2. The molecular weight excluding hydrogens is 441 g/mol. The van der Waals surface area contributed by atoms with E-state index in [0.29, 0.717) is 6.10 Å². The van der Waals surface area contributed by atoms with E-state index in [4.69, 9.17) is 14.5 Å². The van der Waals surface area contributed by atoms with Crippen LogP contribution < -0.4 is 5.32 Å². The molecule has 6 heteroatoms. The molecule has 0 aliphatic carbocycles. The van der Waals surface area contributed by atoms with Crippen molar-refractivity contribution in [1.82, 2.24) is 10.2 Å². The number of aliphatic imine (C=N–C) groups is 1. The molecule has 5 nitrogen and oxygen atoms in total. The summed E-state index contributed by atoms with van der Waals surface area (Å²) < 4.78 is 11.0. The number of halogens is 1. The first-order chi connectivity index (χ1) is 12.3. The van der Waals surface area contributed by atoms with E-state index >= 15 is 0 Å². The molecule has 1 aliphatic heterocycles. The van der Waals surface area contributed by atoms with Gasteiger partial charge in [0.15, 0.2) is 5.96 Å². The van der Waals surface area contributed by atoms with Gasteiger partial charge in [0.25, 0.3) is 0 Å². The Morgan fingerprint density at radius 2 is 1.92 bits per heavy atom. The second-order valence-corrected chi connectivity index (χ2v) is 6.37. The molecule has 1 fully saturated rings. The second kappa shape index (κ2) is 14.2. The van der Waals surface area contributed by atoms with Gasteiger partial charge in [-0.25, -0.2) is 0 Å². The van der Waals surface area contributed by atoms with Gasteiger partial charge in [0.1, 0.15) is 0 Å². The molecule has 0 radical (unpaired) electrons. The number of piperidine rings is 1. The summed E-state index contributed by atoms with van der Waals surface area (Å²) in [5, 5.41) is 3.43. The average Bonchev–Trinajstić information content (AvgIpc) is 2.66. The molecule has 0 unspecified atom stereocenters. The Labute approximate surface area is 175 Å². The number of guanidine groups is 1. The fourth-order valence-corrected chi connectivity index (χ4v) is 3.05. The van der Waals surface area contributed by atoms with Crippen LogP contribution in [0.1, 0.15) is 31.7 Å². The number of nitrogens with one attached hydrogen (secondary N) is 1. The molecule has 1 aromatic rings. The molecule has 148 valence electrons. The fourth-order valence-electron chi connectivity index (χ4n) is 3.05. The number of benzene rings is 1. The third kappa shape index (κ3) is 8.68. The SMILES string of the molecule is CCNC(=NCCc1ccccc1)N1CCC(OCCCOC)CC1.I. The topological polar surface area (TPSA) is 46.1 Å². The van der Waals surface area contributed by atoms with Gasteiger partial charge in [-0.1, -0.05) is 30.3 Å². The summed E-state index contributed by atoms with van der Waals surface area (Å²) in [5.74, 6) is 1.04. The largest absolute Gasteiger partial charge is 0.385 e. The van der Waals surface area contributed by atoms with Crippen LogP contribution in [0.3, 0.4) is 0 Å². The van der Waals surface area contributed by atoms with Crippen LogP contribution >= 0.6 is 24.0 Å². The quantitative estimate of drug-likeness (QED) is 0.258. The van der Waals surface area contributed by atoms with E-state index in [9.17, 15) is 0 Å². The number of nitrogens with zero attached hydrogens (tertiary/aromatic N) is 2. The number of methoxy groups -OCH3 is 1. The van der Waals surface area contributed by atoms with Gasteiger partial charge in [-0.05, 0) is 38.2 Å². The molecule has 1 aliphatic rings. The van der Waals surface area contributed by atoms with Crippen molar-refractivity contribution in [2.75, 3.05) is 46.5 Å². The molecule has 26 heavy (non-hydrogen) atoms. The lowest BCUT2D eigenvalue weighted by Crippen LogP contribution is -2.47. The summed E-state index contributed by atoms with van der Waals surface area (Å²) in [6.07, 6.45) is 4.46. The van der Waals surface area contributed by atoms with Gasteiger partial charge in [-0.2, -0.15) is 0 Å². The van der Waals surface area contributed by atoms with Crippen molar-refractivity contribution in [1.29, 1.82) is 0 Å². The predicted octanol–water partition coefficient (Wildman–Crippen LogP) is 3.33. The second-order valence-electron chi connectivity index (χ2n) is 6.37. The van der Waals surface area contributed by atoms with Crippen LogP contribution in [0.4, 0.5) is 0 Å². The van der Waals surface area contributed by atoms with E-state index in [-0.39, 0.29) is 24.0 Å². The molecule has 1 N–H and O–H groups in total. The molecule has 0 bridgehead atoms. The van der Waals surface area contributed by atoms with Crippen LogP contribution in [0, 0.1) is 0 Å². The van der Waals surface area contributed by atoms with Crippen LogP contribution in [-0.4, -0.2) is 63.5 Å². The van der Waals surface area contributed by atoms with Crippen molar-refractivity contribution in [3.63, 3.8) is 0 Å². The molecule has 1 aromatic carbocycles. The van der Waals surface area contributed by atoms with E-state index in [2.05, 4.69) is 47.5 Å². The van der Waals surface area contributed by atoms with Crippen LogP contribution in [0.15, 0.2) is 35.3 Å². The summed E-state index contributed by atoms with van der Waals surface area (Å²) in [4.78, 5) is 7.18. The minimum Gasteiger partial charge on any atom is -0.385 e. The molecule has 0 saturated carbocycles. The summed E-state index contributed by atoms with van der Waals surface area (Å²) in [7, 11) is 1.73. The van der Waals surface area contributed by atoms with E-state index in [1.165, 1.54) is 5.56 Å². The molecule has 2 rings (SSSR count). The smallest absolute Gasteiger partial charge is 0.193 e. The average molecular weight is 475 g/mol. The van der Waals surface area contributed by atoms with Crippen molar-refractivity contribution in [3.05, 3.63) is 35.9 Å². The maximum Gasteiger partial charge on any atom is 0.193 e. The van der Waals surface area contributed by atoms with Crippen LogP contribution in [-0.2, 0) is 15.9 Å². The van der Waals surface area contributed by atoms with Gasteiger partial charge in [-0.15, -0.1) is 24.0 Å². The molecule has 1 saturated heterocycles. The van der Waals surface area contributed by atoms with E-state index in [1.54, 1.807) is 7.11 Å². The third-order valence-corrected chi connectivity index (χ3v) is 4.43. The highest BCUT2D eigenvalue weighted by molar-refractivity contribution is 14.0. The number of hydrogen-bond acceptors (Lipinski definition) is 3. The van der Waals surface area contributed by atoms with Crippen molar-refractivity contribution in [2.24, 2.45) is 4.99 Å². The van der Waals surface area contributed by atoms with Crippen LogP contribution in [0.5, 0.6) is 0 Å². The Hall–Kier alpha value is -0.860. The highest BCUT2D eigenvalue weighted by atomic mass is 127. The zero-order valence-corrected chi connectivity index (χ0v) is 18.5. The Morgan fingerprint density at radius 3 is 2.58 bits per heavy atom.